The van der Waals surface area contributed by atoms with Crippen LogP contribution in [0.15, 0.2) is 4.99 Å². The van der Waals surface area contributed by atoms with Gasteiger partial charge in [-0.3, -0.25) is 4.99 Å². The molecule has 0 aromatic heterocycles. The third-order valence-electron chi connectivity index (χ3n) is 3.84. The van der Waals surface area contributed by atoms with Gasteiger partial charge in [-0.1, -0.05) is 20.8 Å². The maximum absolute atomic E-state index is 11.7. The number of amides is 1. The van der Waals surface area contributed by atoms with Gasteiger partial charge < -0.3 is 20.3 Å². The van der Waals surface area contributed by atoms with Gasteiger partial charge in [-0.15, -0.1) is 24.0 Å². The van der Waals surface area contributed by atoms with Crippen LogP contribution in [0, 0.1) is 5.41 Å². The molecule has 0 spiro atoms. The van der Waals surface area contributed by atoms with Gasteiger partial charge in [0.25, 0.3) is 0 Å². The Balaban J connectivity index is 0.00000529. The van der Waals surface area contributed by atoms with Gasteiger partial charge >= 0.3 is 6.09 Å². The first-order valence-electron chi connectivity index (χ1n) is 8.82. The smallest absolute Gasteiger partial charge is 0.409 e. The number of rotatable bonds is 5. The molecule has 2 N–H and O–H groups in total. The van der Waals surface area contributed by atoms with Crippen molar-refractivity contribution in [2.45, 2.75) is 59.9 Å². The van der Waals surface area contributed by atoms with Gasteiger partial charge in [0.1, 0.15) is 0 Å². The van der Waals surface area contributed by atoms with Crippen LogP contribution in [0.3, 0.4) is 0 Å². The van der Waals surface area contributed by atoms with E-state index in [1.54, 1.807) is 4.90 Å². The fraction of sp³-hybridized carbons (Fsp3) is 0.882. The number of ether oxygens (including phenoxy) is 1. The first kappa shape index (κ1) is 23.3. The molecule has 142 valence electrons. The zero-order chi connectivity index (χ0) is 17.3. The summed E-state index contributed by atoms with van der Waals surface area (Å²) in [6, 6.07) is 0.355. The summed E-state index contributed by atoms with van der Waals surface area (Å²) in [4.78, 5) is 18.2. The first-order valence-corrected chi connectivity index (χ1v) is 8.82. The van der Waals surface area contributed by atoms with Crippen LogP contribution in [0.5, 0.6) is 0 Å². The second-order valence-corrected chi connectivity index (χ2v) is 7.18. The van der Waals surface area contributed by atoms with Gasteiger partial charge in [-0.25, -0.2) is 4.79 Å². The van der Waals surface area contributed by atoms with E-state index < -0.39 is 0 Å². The summed E-state index contributed by atoms with van der Waals surface area (Å²) in [6.45, 7) is 14.2. The Morgan fingerprint density at radius 2 is 1.88 bits per heavy atom. The number of carbonyl (C=O) groups excluding carboxylic acids is 1. The third kappa shape index (κ3) is 9.54. The summed E-state index contributed by atoms with van der Waals surface area (Å²) in [6.07, 6.45) is 2.70. The number of nitrogens with one attached hydrogen (secondary N) is 2. The minimum Gasteiger partial charge on any atom is -0.450 e. The van der Waals surface area contributed by atoms with Crippen molar-refractivity contribution < 1.29 is 9.53 Å². The van der Waals surface area contributed by atoms with Crippen LogP contribution in [-0.2, 0) is 4.74 Å². The molecule has 1 aliphatic rings. The Labute approximate surface area is 164 Å². The summed E-state index contributed by atoms with van der Waals surface area (Å²) >= 11 is 0. The molecule has 0 atom stereocenters. The van der Waals surface area contributed by atoms with Crippen molar-refractivity contribution in [1.82, 2.24) is 15.5 Å². The van der Waals surface area contributed by atoms with Crippen LogP contribution in [0.25, 0.3) is 0 Å². The zero-order valence-corrected chi connectivity index (χ0v) is 18.2. The van der Waals surface area contributed by atoms with E-state index in [-0.39, 0.29) is 30.1 Å². The zero-order valence-electron chi connectivity index (χ0n) is 15.9. The van der Waals surface area contributed by atoms with Crippen molar-refractivity contribution in [3.8, 4) is 0 Å². The highest BCUT2D eigenvalue weighted by Gasteiger charge is 2.24. The number of piperidine rings is 1. The van der Waals surface area contributed by atoms with Gasteiger partial charge in [0, 0.05) is 32.2 Å². The maximum atomic E-state index is 11.7. The van der Waals surface area contributed by atoms with E-state index in [0.717, 1.165) is 51.4 Å². The molecule has 0 bridgehead atoms. The summed E-state index contributed by atoms with van der Waals surface area (Å²) in [5.74, 6) is 0.881. The summed E-state index contributed by atoms with van der Waals surface area (Å²) < 4.78 is 5.05. The highest BCUT2D eigenvalue weighted by Crippen LogP contribution is 2.18. The lowest BCUT2D eigenvalue weighted by Crippen LogP contribution is -2.50. The second-order valence-electron chi connectivity index (χ2n) is 7.18. The van der Waals surface area contributed by atoms with Crippen molar-refractivity contribution in [1.29, 1.82) is 0 Å². The van der Waals surface area contributed by atoms with Crippen molar-refractivity contribution in [2.24, 2.45) is 10.4 Å². The van der Waals surface area contributed by atoms with Crippen LogP contribution in [0.4, 0.5) is 4.79 Å². The van der Waals surface area contributed by atoms with Gasteiger partial charge in [0.2, 0.25) is 0 Å². The molecule has 1 saturated heterocycles. The molecule has 1 rings (SSSR count). The summed E-state index contributed by atoms with van der Waals surface area (Å²) in [7, 11) is 0. The van der Waals surface area contributed by atoms with Gasteiger partial charge in [0.05, 0.1) is 6.61 Å². The molecule has 6 nitrogen and oxygen atoms in total. The van der Waals surface area contributed by atoms with Gasteiger partial charge in [-0.2, -0.15) is 0 Å². The number of halogens is 1. The minimum atomic E-state index is -0.197. The molecule has 0 aromatic carbocycles. The van der Waals surface area contributed by atoms with E-state index in [2.05, 4.69) is 43.3 Å². The lowest BCUT2D eigenvalue weighted by Gasteiger charge is -2.32. The molecule has 0 aromatic rings. The van der Waals surface area contributed by atoms with Crippen molar-refractivity contribution >= 4 is 36.0 Å². The Hall–Kier alpha value is -0.730. The highest BCUT2D eigenvalue weighted by molar-refractivity contribution is 14.0. The molecule has 1 heterocycles. The van der Waals surface area contributed by atoms with E-state index in [4.69, 9.17) is 4.74 Å². The van der Waals surface area contributed by atoms with E-state index in [9.17, 15) is 4.79 Å². The highest BCUT2D eigenvalue weighted by atomic mass is 127. The minimum absolute atomic E-state index is 0. The largest absolute Gasteiger partial charge is 0.450 e. The molecule has 0 aliphatic carbocycles. The molecule has 0 saturated carbocycles. The van der Waals surface area contributed by atoms with E-state index >= 15 is 0 Å². The molecule has 1 fully saturated rings. The quantitative estimate of drug-likeness (QED) is 0.381. The fourth-order valence-electron chi connectivity index (χ4n) is 2.44. The Morgan fingerprint density at radius 1 is 1.25 bits per heavy atom. The predicted octanol–water partition coefficient (Wildman–Crippen LogP) is 3.22. The molecule has 1 aliphatic heterocycles. The molecular weight excluding hydrogens is 419 g/mol. The molecule has 0 radical (unpaired) electrons. The number of guanidine groups is 1. The van der Waals surface area contributed by atoms with Crippen LogP contribution < -0.4 is 10.6 Å². The first-order chi connectivity index (χ1) is 10.9. The lowest BCUT2D eigenvalue weighted by atomic mass is 9.92. The Kier molecular flexibility index (Phi) is 11.4. The maximum Gasteiger partial charge on any atom is 0.409 e. The Morgan fingerprint density at radius 3 is 2.38 bits per heavy atom. The van der Waals surface area contributed by atoms with Crippen LogP contribution in [0.1, 0.15) is 53.9 Å². The van der Waals surface area contributed by atoms with Crippen molar-refractivity contribution in [2.75, 3.05) is 32.8 Å². The van der Waals surface area contributed by atoms with Crippen LogP contribution in [-0.4, -0.2) is 55.8 Å². The lowest BCUT2D eigenvalue weighted by molar-refractivity contribution is 0.0963. The number of hydrogen-bond acceptors (Lipinski definition) is 3. The summed E-state index contributed by atoms with van der Waals surface area (Å²) in [5.41, 5.74) is 0.297. The third-order valence-corrected chi connectivity index (χ3v) is 3.84. The average molecular weight is 454 g/mol. The fourth-order valence-corrected chi connectivity index (χ4v) is 2.44. The summed E-state index contributed by atoms with van der Waals surface area (Å²) in [5, 5.41) is 6.80. The average Bonchev–Trinajstić information content (AvgIpc) is 2.47. The van der Waals surface area contributed by atoms with Gasteiger partial charge in [-0.05, 0) is 38.5 Å². The monoisotopic (exact) mass is 454 g/mol. The van der Waals surface area contributed by atoms with Crippen molar-refractivity contribution in [3.63, 3.8) is 0 Å². The molecular formula is C17H35IN4O2. The van der Waals surface area contributed by atoms with Crippen LogP contribution >= 0.6 is 24.0 Å². The normalized spacial score (nSPS) is 16.4. The molecule has 24 heavy (non-hydrogen) atoms. The molecule has 7 heteroatoms. The van der Waals surface area contributed by atoms with E-state index in [1.807, 2.05) is 6.92 Å². The van der Waals surface area contributed by atoms with E-state index in [1.165, 1.54) is 0 Å². The van der Waals surface area contributed by atoms with E-state index in [0.29, 0.717) is 18.1 Å². The molecule has 0 unspecified atom stereocenters. The SMILES string of the molecule is CCNC(=NCCC(C)(C)C)NC1CCN(C(=O)OCC)CC1.I. The number of nitrogens with zero attached hydrogens (tertiary/aromatic N) is 2. The standard InChI is InChI=1S/C17H34N4O2.HI/c1-6-18-15(19-11-10-17(3,4)5)20-14-8-12-21(13-9-14)16(22)23-7-2;/h14H,6-13H2,1-5H3,(H2,18,19,20);1H. The number of hydrogen-bond donors (Lipinski definition) is 2. The topological polar surface area (TPSA) is 66.0 Å². The second kappa shape index (κ2) is 11.8. The van der Waals surface area contributed by atoms with Gasteiger partial charge in [0.15, 0.2) is 5.96 Å². The number of likely N-dealkylation sites (tertiary alicyclic amines) is 1. The Bertz CT molecular complexity index is 389. The molecule has 1 amide bonds. The number of aliphatic imine (C=N–C) groups is 1. The predicted molar refractivity (Wildman–Crippen MR) is 110 cm³/mol. The van der Waals surface area contributed by atoms with Crippen LogP contribution in [0.2, 0.25) is 0 Å². The number of carbonyl (C=O) groups is 1. The van der Waals surface area contributed by atoms with Crippen molar-refractivity contribution in [3.05, 3.63) is 0 Å².